The zero-order chi connectivity index (χ0) is 44.4. The first-order valence-corrected chi connectivity index (χ1v) is 31.1. The van der Waals surface area contributed by atoms with Crippen LogP contribution in [0, 0.1) is 0 Å². The quantitative estimate of drug-likeness (QED) is 0.0390. The van der Waals surface area contributed by atoms with E-state index >= 15 is 0 Å². The Morgan fingerprint density at radius 2 is 0.774 bits per heavy atom. The van der Waals surface area contributed by atoms with Crippen LogP contribution in [-0.2, 0) is 68.6 Å². The SMILES string of the molecule is CCCCCOCC1CO1.CO[Si](O)(CCCCOCC1CO1)O[Si](CCCCOCC1CO1)(OC)O[Si](O)(CCCCOCC1CO1)O[Si](O)(CO)CCCCOCC1CO1. The van der Waals surface area contributed by atoms with Gasteiger partial charge in [-0.2, -0.15) is 0 Å². The summed E-state index contributed by atoms with van der Waals surface area (Å²) in [6, 6.07) is 0.648. The molecule has 5 aliphatic rings. The number of epoxide rings is 5. The van der Waals surface area contributed by atoms with E-state index in [-0.39, 0.29) is 48.6 Å². The van der Waals surface area contributed by atoms with Gasteiger partial charge in [0.15, 0.2) is 0 Å². The molecule has 0 spiro atoms. The van der Waals surface area contributed by atoms with E-state index in [2.05, 4.69) is 6.92 Å². The maximum absolute atomic E-state index is 12.3. The Bertz CT molecular complexity index is 1140. The summed E-state index contributed by atoms with van der Waals surface area (Å²) in [5, 5.41) is 10.4. The van der Waals surface area contributed by atoms with Crippen molar-refractivity contribution in [2.75, 3.05) is 120 Å². The Morgan fingerprint density at radius 1 is 0.435 bits per heavy atom. The Morgan fingerprint density at radius 3 is 1.11 bits per heavy atom. The molecule has 4 N–H and O–H groups in total. The maximum Gasteiger partial charge on any atom is 0.490 e. The average molecular weight is 965 g/mol. The van der Waals surface area contributed by atoms with E-state index in [0.29, 0.717) is 130 Å². The lowest BCUT2D eigenvalue weighted by Crippen LogP contribution is -2.65. The summed E-state index contributed by atoms with van der Waals surface area (Å²) >= 11 is 0. The summed E-state index contributed by atoms with van der Waals surface area (Å²) in [6.45, 7) is 11.7. The van der Waals surface area contributed by atoms with E-state index in [4.69, 9.17) is 68.6 Å². The van der Waals surface area contributed by atoms with Crippen LogP contribution in [0.3, 0.4) is 0 Å². The number of rotatable bonds is 43. The zero-order valence-corrected chi connectivity index (χ0v) is 41.7. The van der Waals surface area contributed by atoms with Crippen LogP contribution in [0.4, 0.5) is 0 Å². The van der Waals surface area contributed by atoms with Crippen molar-refractivity contribution in [1.82, 2.24) is 0 Å². The summed E-state index contributed by atoms with van der Waals surface area (Å²) < 4.78 is 84.7. The Hall–Kier alpha value is 0.108. The van der Waals surface area contributed by atoms with Gasteiger partial charge in [-0.15, -0.1) is 0 Å². The molecule has 366 valence electrons. The fourth-order valence-electron chi connectivity index (χ4n) is 6.18. The van der Waals surface area contributed by atoms with Gasteiger partial charge in [-0.1, -0.05) is 19.8 Å². The summed E-state index contributed by atoms with van der Waals surface area (Å²) in [5.41, 5.74) is 0. The molecule has 0 saturated carbocycles. The fourth-order valence-corrected chi connectivity index (χ4v) is 20.7. The van der Waals surface area contributed by atoms with E-state index < -0.39 is 41.2 Å². The van der Waals surface area contributed by atoms with Crippen molar-refractivity contribution in [2.45, 2.75) is 132 Å². The Kier molecular flexibility index (Phi) is 26.9. The topological polar surface area (TPSA) is 236 Å². The molecule has 23 heteroatoms. The molecule has 0 aromatic carbocycles. The molecule has 62 heavy (non-hydrogen) atoms. The molecule has 0 aromatic heterocycles. The molecule has 5 fully saturated rings. The molecule has 0 aliphatic carbocycles. The molecule has 9 atom stereocenters. The summed E-state index contributed by atoms with van der Waals surface area (Å²) in [5.74, 6) is 0. The van der Waals surface area contributed by atoms with Crippen molar-refractivity contribution in [1.29, 1.82) is 0 Å². The molecule has 9 unspecified atom stereocenters. The minimum atomic E-state index is -4.35. The molecule has 5 saturated heterocycles. The van der Waals surface area contributed by atoms with E-state index in [1.54, 1.807) is 0 Å². The molecule has 0 bridgehead atoms. The predicted octanol–water partition coefficient (Wildman–Crippen LogP) is 2.47. The Balaban J connectivity index is 0.000000740. The van der Waals surface area contributed by atoms with Gasteiger partial charge in [0, 0.05) is 65.4 Å². The normalized spacial score (nSPS) is 26.1. The third kappa shape index (κ3) is 26.4. The molecular formula is C39H80O19Si4. The molecule has 19 nitrogen and oxygen atoms in total. The van der Waals surface area contributed by atoms with Crippen molar-refractivity contribution in [3.8, 4) is 0 Å². The van der Waals surface area contributed by atoms with E-state index in [9.17, 15) is 19.5 Å². The van der Waals surface area contributed by atoms with Crippen LogP contribution in [0.15, 0.2) is 0 Å². The van der Waals surface area contributed by atoms with Crippen LogP contribution >= 0.6 is 0 Å². The van der Waals surface area contributed by atoms with Crippen molar-refractivity contribution in [2.24, 2.45) is 0 Å². The second-order valence-corrected chi connectivity index (χ2v) is 28.3. The first kappa shape index (κ1) is 54.7. The van der Waals surface area contributed by atoms with Gasteiger partial charge in [0.25, 0.3) is 0 Å². The molecule has 0 aromatic rings. The second-order valence-electron chi connectivity index (χ2n) is 16.6. The number of ether oxygens (including phenoxy) is 10. The van der Waals surface area contributed by atoms with Gasteiger partial charge in [0.1, 0.15) is 30.5 Å². The average Bonchev–Trinajstić information content (AvgIpc) is 4.05. The van der Waals surface area contributed by atoms with Crippen molar-refractivity contribution >= 4 is 35.0 Å². The van der Waals surface area contributed by atoms with Crippen LogP contribution in [0.25, 0.3) is 0 Å². The standard InChI is InChI=1S/C31H64O17Si4.C8H16O2/c1-36-50(34,16-8-4-12-39-20-29-24-43-29)47-52(37-2,18-10-6-14-41-22-31-26-45-31)48-51(35,17-9-5-13-40-21-30-25-44-30)46-49(33,27-32)15-7-3-11-38-19-28-23-42-28;1-2-3-4-5-9-6-8-7-10-8/h28-35H,3-27H2,1-2H3;8H,2-7H2,1H3. The van der Waals surface area contributed by atoms with Gasteiger partial charge in [-0.05, 0) is 63.8 Å². The van der Waals surface area contributed by atoms with Crippen LogP contribution in [-0.4, -0.2) is 205 Å². The minimum absolute atomic E-state index is 0.0527. The number of aliphatic hydroxyl groups excluding tert-OH is 1. The van der Waals surface area contributed by atoms with Crippen LogP contribution < -0.4 is 0 Å². The van der Waals surface area contributed by atoms with Gasteiger partial charge in [0.2, 0.25) is 0 Å². The largest absolute Gasteiger partial charge is 0.490 e. The number of unbranched alkanes of at least 4 members (excludes halogenated alkanes) is 6. The highest BCUT2D eigenvalue weighted by molar-refractivity contribution is 6.84. The van der Waals surface area contributed by atoms with Crippen molar-refractivity contribution in [3.05, 3.63) is 0 Å². The summed E-state index contributed by atoms with van der Waals surface area (Å²) in [4.78, 5) is 35.6. The van der Waals surface area contributed by atoms with Crippen LogP contribution in [0.2, 0.25) is 24.2 Å². The van der Waals surface area contributed by atoms with Crippen LogP contribution in [0.1, 0.15) is 77.6 Å². The van der Waals surface area contributed by atoms with E-state index in [1.807, 2.05) is 0 Å². The fraction of sp³-hybridized carbons (Fsp3) is 1.00. The van der Waals surface area contributed by atoms with E-state index in [0.717, 1.165) is 26.4 Å². The molecule has 0 amide bonds. The number of hydrogen-bond donors (Lipinski definition) is 4. The molecular weight excluding hydrogens is 885 g/mol. The predicted molar refractivity (Wildman–Crippen MR) is 233 cm³/mol. The molecule has 5 rings (SSSR count). The van der Waals surface area contributed by atoms with Gasteiger partial charge in [-0.3, -0.25) is 0 Å². The second kappa shape index (κ2) is 30.5. The molecule has 5 aliphatic heterocycles. The highest BCUT2D eigenvalue weighted by Gasteiger charge is 2.58. The zero-order valence-electron chi connectivity index (χ0n) is 37.7. The highest BCUT2D eigenvalue weighted by Crippen LogP contribution is 2.32. The number of hydrogen-bond acceptors (Lipinski definition) is 19. The maximum atomic E-state index is 12.3. The third-order valence-corrected chi connectivity index (χ3v) is 24.1. The van der Waals surface area contributed by atoms with Gasteiger partial charge >= 0.3 is 35.0 Å². The molecule has 0 radical (unpaired) electrons. The minimum Gasteiger partial charge on any atom is -0.410 e. The summed E-state index contributed by atoms with van der Waals surface area (Å²) in [7, 11) is -13.3. The lowest BCUT2D eigenvalue weighted by atomic mass is 10.3. The summed E-state index contributed by atoms with van der Waals surface area (Å²) in [6.07, 6.45) is 8.77. The third-order valence-electron chi connectivity index (χ3n) is 10.5. The smallest absolute Gasteiger partial charge is 0.410 e. The lowest BCUT2D eigenvalue weighted by Gasteiger charge is -2.41. The monoisotopic (exact) mass is 964 g/mol. The first-order valence-electron chi connectivity index (χ1n) is 23.0. The lowest BCUT2D eigenvalue weighted by molar-refractivity contribution is 0.0858. The van der Waals surface area contributed by atoms with Crippen molar-refractivity contribution in [3.63, 3.8) is 0 Å². The number of aliphatic hydroxyl groups is 1. The van der Waals surface area contributed by atoms with E-state index in [1.165, 1.54) is 33.5 Å². The molecule has 5 heterocycles. The van der Waals surface area contributed by atoms with Crippen LogP contribution in [0.5, 0.6) is 0 Å². The van der Waals surface area contributed by atoms with Gasteiger partial charge in [-0.25, -0.2) is 0 Å². The van der Waals surface area contributed by atoms with Crippen molar-refractivity contribution < 1.29 is 88.1 Å². The first-order chi connectivity index (χ1) is 30.0. The van der Waals surface area contributed by atoms with Gasteiger partial charge in [0.05, 0.1) is 72.3 Å². The van der Waals surface area contributed by atoms with Gasteiger partial charge < -0.3 is 88.1 Å². The highest BCUT2D eigenvalue weighted by atomic mass is 28.5. The Labute approximate surface area is 373 Å².